The third-order valence-electron chi connectivity index (χ3n) is 2.77. The fraction of sp³-hybridized carbons (Fsp3) is 1.00. The van der Waals surface area contributed by atoms with Crippen LogP contribution in [-0.2, 0) is 4.74 Å². The summed E-state index contributed by atoms with van der Waals surface area (Å²) in [6.07, 6.45) is 4.09. The molecule has 0 spiro atoms. The van der Waals surface area contributed by atoms with E-state index in [0.29, 0.717) is 0 Å². The highest BCUT2D eigenvalue weighted by molar-refractivity contribution is 4.65. The minimum Gasteiger partial charge on any atom is -0.393 e. The summed E-state index contributed by atoms with van der Waals surface area (Å²) in [5, 5.41) is 9.65. The Balaban J connectivity index is 2.00. The van der Waals surface area contributed by atoms with Crippen molar-refractivity contribution in [1.29, 1.82) is 0 Å². The quantitative estimate of drug-likeness (QED) is 0.702. The van der Waals surface area contributed by atoms with Gasteiger partial charge in [0.1, 0.15) is 0 Å². The van der Waals surface area contributed by atoms with Crippen molar-refractivity contribution in [3.63, 3.8) is 0 Å². The van der Waals surface area contributed by atoms with Crippen LogP contribution in [0.1, 0.15) is 32.6 Å². The van der Waals surface area contributed by atoms with E-state index in [1.165, 1.54) is 6.42 Å². The van der Waals surface area contributed by atoms with Gasteiger partial charge in [0.15, 0.2) is 0 Å². The molecule has 0 aliphatic carbocycles. The number of morpholine rings is 1. The summed E-state index contributed by atoms with van der Waals surface area (Å²) in [5.74, 6) is 0. The average molecular weight is 201 g/mol. The van der Waals surface area contributed by atoms with Crippen molar-refractivity contribution < 1.29 is 9.84 Å². The normalized spacial score (nSPS) is 21.0. The molecule has 1 rings (SSSR count). The molecule has 1 aliphatic rings. The van der Waals surface area contributed by atoms with Gasteiger partial charge in [0.2, 0.25) is 0 Å². The third kappa shape index (κ3) is 4.94. The molecule has 1 aliphatic heterocycles. The summed E-state index contributed by atoms with van der Waals surface area (Å²) in [4.78, 5) is 2.37. The zero-order chi connectivity index (χ0) is 10.2. The predicted octanol–water partition coefficient (Wildman–Crippen LogP) is 1.26. The summed E-state index contributed by atoms with van der Waals surface area (Å²) < 4.78 is 5.27. The van der Waals surface area contributed by atoms with E-state index in [2.05, 4.69) is 11.8 Å². The smallest absolute Gasteiger partial charge is 0.0594 e. The highest BCUT2D eigenvalue weighted by Gasteiger charge is 2.11. The first-order valence-electron chi connectivity index (χ1n) is 5.81. The molecule has 0 amide bonds. The molecule has 1 atom stereocenters. The number of aliphatic hydroxyl groups is 1. The van der Waals surface area contributed by atoms with Gasteiger partial charge in [0.05, 0.1) is 19.3 Å². The van der Waals surface area contributed by atoms with Crippen LogP contribution in [0.15, 0.2) is 0 Å². The molecule has 0 aromatic heterocycles. The molecule has 0 aromatic carbocycles. The van der Waals surface area contributed by atoms with Crippen molar-refractivity contribution in [2.24, 2.45) is 0 Å². The predicted molar refractivity (Wildman–Crippen MR) is 57.4 cm³/mol. The van der Waals surface area contributed by atoms with Crippen molar-refractivity contribution in [2.45, 2.75) is 38.7 Å². The van der Waals surface area contributed by atoms with Gasteiger partial charge in [0, 0.05) is 19.6 Å². The van der Waals surface area contributed by atoms with E-state index in [1.807, 2.05) is 0 Å². The molecule has 3 nitrogen and oxygen atoms in total. The molecule has 14 heavy (non-hydrogen) atoms. The van der Waals surface area contributed by atoms with Crippen molar-refractivity contribution in [2.75, 3.05) is 32.8 Å². The number of aliphatic hydroxyl groups excluding tert-OH is 1. The molecule has 3 heteroatoms. The van der Waals surface area contributed by atoms with Crippen LogP contribution in [0.4, 0.5) is 0 Å². The first kappa shape index (κ1) is 12.0. The first-order valence-corrected chi connectivity index (χ1v) is 5.81. The van der Waals surface area contributed by atoms with E-state index < -0.39 is 0 Å². The second kappa shape index (κ2) is 7.21. The van der Waals surface area contributed by atoms with Crippen LogP contribution in [0.2, 0.25) is 0 Å². The fourth-order valence-corrected chi connectivity index (χ4v) is 1.74. The molecule has 0 saturated carbocycles. The highest BCUT2D eigenvalue weighted by atomic mass is 16.5. The number of unbranched alkanes of at least 4 members (excludes halogenated alkanes) is 1. The Morgan fingerprint density at radius 3 is 2.64 bits per heavy atom. The van der Waals surface area contributed by atoms with Gasteiger partial charge in [-0.25, -0.2) is 0 Å². The Morgan fingerprint density at radius 2 is 2.00 bits per heavy atom. The average Bonchev–Trinajstić information content (AvgIpc) is 2.25. The second-order valence-corrected chi connectivity index (χ2v) is 4.04. The third-order valence-corrected chi connectivity index (χ3v) is 2.77. The van der Waals surface area contributed by atoms with Crippen LogP contribution >= 0.6 is 0 Å². The number of hydrogen-bond acceptors (Lipinski definition) is 3. The zero-order valence-electron chi connectivity index (χ0n) is 9.24. The van der Waals surface area contributed by atoms with Crippen molar-refractivity contribution in [3.8, 4) is 0 Å². The lowest BCUT2D eigenvalue weighted by Crippen LogP contribution is -2.37. The molecule has 1 N–H and O–H groups in total. The number of ether oxygens (including phenoxy) is 1. The largest absolute Gasteiger partial charge is 0.393 e. The van der Waals surface area contributed by atoms with E-state index in [-0.39, 0.29) is 6.10 Å². The van der Waals surface area contributed by atoms with Gasteiger partial charge in [-0.2, -0.15) is 0 Å². The maximum atomic E-state index is 9.65. The van der Waals surface area contributed by atoms with Crippen LogP contribution in [-0.4, -0.2) is 49.0 Å². The van der Waals surface area contributed by atoms with Crippen LogP contribution in [0.25, 0.3) is 0 Å². The SMILES string of the molecule is CCCC[C@@H](O)CCN1CCOCC1. The lowest BCUT2D eigenvalue weighted by Gasteiger charge is -2.27. The second-order valence-electron chi connectivity index (χ2n) is 4.04. The summed E-state index contributed by atoms with van der Waals surface area (Å²) in [6.45, 7) is 6.94. The lowest BCUT2D eigenvalue weighted by atomic mass is 10.1. The Hall–Kier alpha value is -0.120. The summed E-state index contributed by atoms with van der Waals surface area (Å²) in [6, 6.07) is 0. The minimum absolute atomic E-state index is 0.0993. The molecule has 1 fully saturated rings. The van der Waals surface area contributed by atoms with E-state index in [1.54, 1.807) is 0 Å². The maximum Gasteiger partial charge on any atom is 0.0594 e. The van der Waals surface area contributed by atoms with Gasteiger partial charge < -0.3 is 9.84 Å². The van der Waals surface area contributed by atoms with Gasteiger partial charge in [0.25, 0.3) is 0 Å². The standard InChI is InChI=1S/C11H23NO2/c1-2-3-4-11(13)5-6-12-7-9-14-10-8-12/h11,13H,2-10H2,1H3/t11-/m1/s1. The summed E-state index contributed by atoms with van der Waals surface area (Å²) in [7, 11) is 0. The maximum absolute atomic E-state index is 9.65. The molecule has 0 unspecified atom stereocenters. The topological polar surface area (TPSA) is 32.7 Å². The Labute approximate surface area is 87.1 Å². The van der Waals surface area contributed by atoms with Gasteiger partial charge in [-0.3, -0.25) is 4.90 Å². The van der Waals surface area contributed by atoms with Crippen molar-refractivity contribution in [3.05, 3.63) is 0 Å². The Kier molecular flexibility index (Phi) is 6.15. The number of hydrogen-bond donors (Lipinski definition) is 1. The molecule has 1 saturated heterocycles. The van der Waals surface area contributed by atoms with Gasteiger partial charge in [-0.15, -0.1) is 0 Å². The van der Waals surface area contributed by atoms with E-state index >= 15 is 0 Å². The fourth-order valence-electron chi connectivity index (χ4n) is 1.74. The molecule has 0 bridgehead atoms. The van der Waals surface area contributed by atoms with Gasteiger partial charge in [-0.05, 0) is 12.8 Å². The van der Waals surface area contributed by atoms with Crippen molar-refractivity contribution >= 4 is 0 Å². The Bertz CT molecular complexity index is 135. The van der Waals surface area contributed by atoms with E-state index in [9.17, 15) is 5.11 Å². The lowest BCUT2D eigenvalue weighted by molar-refractivity contribution is 0.0294. The monoisotopic (exact) mass is 201 g/mol. The molecule has 84 valence electrons. The van der Waals surface area contributed by atoms with E-state index in [0.717, 1.165) is 52.1 Å². The molecular formula is C11H23NO2. The first-order chi connectivity index (χ1) is 6.83. The van der Waals surface area contributed by atoms with Crippen LogP contribution in [0.3, 0.4) is 0 Å². The Morgan fingerprint density at radius 1 is 1.29 bits per heavy atom. The number of nitrogens with zero attached hydrogens (tertiary/aromatic N) is 1. The van der Waals surface area contributed by atoms with Gasteiger partial charge >= 0.3 is 0 Å². The molecule has 0 aromatic rings. The summed E-state index contributed by atoms with van der Waals surface area (Å²) >= 11 is 0. The van der Waals surface area contributed by atoms with Crippen LogP contribution in [0, 0.1) is 0 Å². The van der Waals surface area contributed by atoms with Gasteiger partial charge in [-0.1, -0.05) is 19.8 Å². The molecule has 1 heterocycles. The molecular weight excluding hydrogens is 178 g/mol. The highest BCUT2D eigenvalue weighted by Crippen LogP contribution is 2.06. The van der Waals surface area contributed by atoms with Crippen LogP contribution < -0.4 is 0 Å². The summed E-state index contributed by atoms with van der Waals surface area (Å²) in [5.41, 5.74) is 0. The van der Waals surface area contributed by atoms with Crippen LogP contribution in [0.5, 0.6) is 0 Å². The minimum atomic E-state index is -0.0993. The number of rotatable bonds is 6. The zero-order valence-corrected chi connectivity index (χ0v) is 9.24. The molecule has 0 radical (unpaired) electrons. The van der Waals surface area contributed by atoms with Crippen molar-refractivity contribution in [1.82, 2.24) is 4.90 Å². The van der Waals surface area contributed by atoms with E-state index in [4.69, 9.17) is 4.74 Å².